The second-order valence-corrected chi connectivity index (χ2v) is 5.37. The Hall–Kier alpha value is -1.40. The summed E-state index contributed by atoms with van der Waals surface area (Å²) in [6, 6.07) is 0. The Morgan fingerprint density at radius 1 is 1.45 bits per heavy atom. The zero-order valence-electron chi connectivity index (χ0n) is 12.1. The highest BCUT2D eigenvalue weighted by Crippen LogP contribution is 2.38. The van der Waals surface area contributed by atoms with Crippen LogP contribution in [0.25, 0.3) is 0 Å². The van der Waals surface area contributed by atoms with Gasteiger partial charge in [0.05, 0.1) is 19.8 Å². The molecular formula is C14H23N3O3. The maximum absolute atomic E-state index is 10.5. The van der Waals surface area contributed by atoms with Gasteiger partial charge in [-0.05, 0) is 12.8 Å². The summed E-state index contributed by atoms with van der Waals surface area (Å²) in [5.74, 6) is 1.11. The molecule has 1 saturated heterocycles. The molecule has 0 aromatic carbocycles. The van der Waals surface area contributed by atoms with Gasteiger partial charge in [0.1, 0.15) is 0 Å². The lowest BCUT2D eigenvalue weighted by Crippen LogP contribution is -2.53. The SMILES string of the molecule is CCC[C@]1(CO)CCN(c2nccnc2OC)C[C@H]1O. The number of methoxy groups -OCH3 is 1. The van der Waals surface area contributed by atoms with Crippen molar-refractivity contribution in [2.75, 3.05) is 31.7 Å². The van der Waals surface area contributed by atoms with Crippen LogP contribution in [0.15, 0.2) is 12.4 Å². The van der Waals surface area contributed by atoms with E-state index >= 15 is 0 Å². The number of ether oxygens (including phenoxy) is 1. The quantitative estimate of drug-likeness (QED) is 0.832. The highest BCUT2D eigenvalue weighted by molar-refractivity contribution is 5.48. The third-order valence-corrected chi connectivity index (χ3v) is 4.18. The lowest BCUT2D eigenvalue weighted by Gasteiger charge is -2.45. The Balaban J connectivity index is 2.16. The number of aliphatic hydroxyl groups is 2. The van der Waals surface area contributed by atoms with Crippen molar-refractivity contribution in [1.29, 1.82) is 0 Å². The van der Waals surface area contributed by atoms with Crippen LogP contribution < -0.4 is 9.64 Å². The lowest BCUT2D eigenvalue weighted by molar-refractivity contribution is -0.0372. The second kappa shape index (κ2) is 6.37. The fraction of sp³-hybridized carbons (Fsp3) is 0.714. The lowest BCUT2D eigenvalue weighted by atomic mass is 9.73. The molecule has 6 heteroatoms. The van der Waals surface area contributed by atoms with Crippen LogP contribution in [0.5, 0.6) is 5.88 Å². The van der Waals surface area contributed by atoms with Gasteiger partial charge in [-0.2, -0.15) is 0 Å². The monoisotopic (exact) mass is 281 g/mol. The van der Waals surface area contributed by atoms with Gasteiger partial charge in [-0.1, -0.05) is 13.3 Å². The number of piperidine rings is 1. The molecule has 2 rings (SSSR count). The van der Waals surface area contributed by atoms with E-state index in [1.807, 2.05) is 4.90 Å². The van der Waals surface area contributed by atoms with Crippen molar-refractivity contribution in [1.82, 2.24) is 9.97 Å². The van der Waals surface area contributed by atoms with E-state index in [9.17, 15) is 10.2 Å². The van der Waals surface area contributed by atoms with E-state index in [0.717, 1.165) is 25.8 Å². The predicted octanol–water partition coefficient (Wildman–Crippen LogP) is 0.835. The van der Waals surface area contributed by atoms with E-state index in [0.29, 0.717) is 18.2 Å². The van der Waals surface area contributed by atoms with E-state index in [-0.39, 0.29) is 12.0 Å². The van der Waals surface area contributed by atoms with Crippen LogP contribution in [-0.4, -0.2) is 53.1 Å². The summed E-state index contributed by atoms with van der Waals surface area (Å²) in [6.45, 7) is 3.26. The molecule has 0 spiro atoms. The molecule has 6 nitrogen and oxygen atoms in total. The molecule has 2 atom stereocenters. The van der Waals surface area contributed by atoms with Crippen molar-refractivity contribution < 1.29 is 14.9 Å². The van der Waals surface area contributed by atoms with Gasteiger partial charge in [-0.3, -0.25) is 0 Å². The molecule has 1 aliphatic rings. The molecule has 20 heavy (non-hydrogen) atoms. The minimum atomic E-state index is -0.576. The van der Waals surface area contributed by atoms with Gasteiger partial charge in [-0.15, -0.1) is 0 Å². The molecule has 0 aliphatic carbocycles. The van der Waals surface area contributed by atoms with Gasteiger partial charge >= 0.3 is 0 Å². The maximum atomic E-state index is 10.5. The molecule has 1 aromatic heterocycles. The first-order valence-electron chi connectivity index (χ1n) is 7.05. The molecule has 1 fully saturated rings. The summed E-state index contributed by atoms with van der Waals surface area (Å²) >= 11 is 0. The smallest absolute Gasteiger partial charge is 0.257 e. The fourth-order valence-corrected chi connectivity index (χ4v) is 2.94. The largest absolute Gasteiger partial charge is 0.478 e. The minimum absolute atomic E-state index is 0.0213. The number of anilines is 1. The molecule has 2 N–H and O–H groups in total. The molecule has 0 bridgehead atoms. The van der Waals surface area contributed by atoms with E-state index in [1.54, 1.807) is 19.5 Å². The molecule has 0 unspecified atom stereocenters. The van der Waals surface area contributed by atoms with Gasteiger partial charge in [0.2, 0.25) is 0 Å². The van der Waals surface area contributed by atoms with Crippen LogP contribution in [-0.2, 0) is 0 Å². The summed E-state index contributed by atoms with van der Waals surface area (Å²) in [6.07, 6.45) is 5.13. The first kappa shape index (κ1) is 15.0. The highest BCUT2D eigenvalue weighted by atomic mass is 16.5. The third kappa shape index (κ3) is 2.71. The van der Waals surface area contributed by atoms with Crippen molar-refractivity contribution in [3.05, 3.63) is 12.4 Å². The van der Waals surface area contributed by atoms with Gasteiger partial charge in [0.25, 0.3) is 5.88 Å². The van der Waals surface area contributed by atoms with Crippen molar-refractivity contribution in [2.24, 2.45) is 5.41 Å². The molecule has 0 saturated carbocycles. The minimum Gasteiger partial charge on any atom is -0.478 e. The zero-order valence-corrected chi connectivity index (χ0v) is 12.1. The van der Waals surface area contributed by atoms with Crippen molar-refractivity contribution in [3.63, 3.8) is 0 Å². The third-order valence-electron chi connectivity index (χ3n) is 4.18. The van der Waals surface area contributed by atoms with E-state index in [2.05, 4.69) is 16.9 Å². The van der Waals surface area contributed by atoms with E-state index < -0.39 is 6.10 Å². The highest BCUT2D eigenvalue weighted by Gasteiger charge is 2.41. The van der Waals surface area contributed by atoms with Crippen LogP contribution in [0.4, 0.5) is 5.82 Å². The molecular weight excluding hydrogens is 258 g/mol. The van der Waals surface area contributed by atoms with Crippen LogP contribution >= 0.6 is 0 Å². The normalized spacial score (nSPS) is 26.6. The Bertz CT molecular complexity index is 443. The van der Waals surface area contributed by atoms with Gasteiger partial charge in [0.15, 0.2) is 5.82 Å². The van der Waals surface area contributed by atoms with Crippen LogP contribution in [0, 0.1) is 5.41 Å². The van der Waals surface area contributed by atoms with Crippen molar-refractivity contribution in [3.8, 4) is 5.88 Å². The second-order valence-electron chi connectivity index (χ2n) is 5.37. The summed E-state index contributed by atoms with van der Waals surface area (Å²) in [5.41, 5.74) is -0.388. The van der Waals surface area contributed by atoms with Crippen molar-refractivity contribution in [2.45, 2.75) is 32.3 Å². The topological polar surface area (TPSA) is 78.7 Å². The summed E-state index contributed by atoms with van der Waals surface area (Å²) < 4.78 is 5.21. The first-order chi connectivity index (χ1) is 9.66. The molecule has 0 radical (unpaired) electrons. The summed E-state index contributed by atoms with van der Waals surface area (Å²) in [4.78, 5) is 10.4. The predicted molar refractivity (Wildman–Crippen MR) is 75.8 cm³/mol. The van der Waals surface area contributed by atoms with E-state index in [1.165, 1.54) is 0 Å². The Morgan fingerprint density at radius 2 is 2.20 bits per heavy atom. The van der Waals surface area contributed by atoms with Gasteiger partial charge in [-0.25, -0.2) is 9.97 Å². The number of hydrogen-bond acceptors (Lipinski definition) is 6. The average Bonchev–Trinajstić information content (AvgIpc) is 2.49. The van der Waals surface area contributed by atoms with Gasteiger partial charge < -0.3 is 19.8 Å². The molecule has 1 aromatic rings. The standard InChI is InChI=1S/C14H23N3O3/c1-3-4-14(10-18)5-8-17(9-11(14)19)12-13(20-2)16-7-6-15-12/h6-7,11,18-19H,3-5,8-10H2,1-2H3/t11-,14-/m1/s1. The molecule has 0 amide bonds. The average molecular weight is 281 g/mol. The summed E-state index contributed by atoms with van der Waals surface area (Å²) in [7, 11) is 1.56. The Morgan fingerprint density at radius 3 is 2.80 bits per heavy atom. The van der Waals surface area contributed by atoms with Crippen LogP contribution in [0.1, 0.15) is 26.2 Å². The van der Waals surface area contributed by atoms with Crippen molar-refractivity contribution >= 4 is 5.82 Å². The fourth-order valence-electron chi connectivity index (χ4n) is 2.94. The molecule has 2 heterocycles. The number of rotatable bonds is 5. The zero-order chi connectivity index (χ0) is 14.6. The van der Waals surface area contributed by atoms with Crippen LogP contribution in [0.2, 0.25) is 0 Å². The van der Waals surface area contributed by atoms with E-state index in [4.69, 9.17) is 4.74 Å². The number of hydrogen-bond donors (Lipinski definition) is 2. The Kier molecular flexibility index (Phi) is 4.77. The number of nitrogens with zero attached hydrogens (tertiary/aromatic N) is 3. The molecule has 1 aliphatic heterocycles. The molecule has 112 valence electrons. The number of aromatic nitrogens is 2. The van der Waals surface area contributed by atoms with Gasteiger partial charge in [0, 0.05) is 30.9 Å². The van der Waals surface area contributed by atoms with Crippen LogP contribution in [0.3, 0.4) is 0 Å². The maximum Gasteiger partial charge on any atom is 0.257 e. The number of β-amino-alcohol motifs (C(OH)–C–C–N with tert-alkyl or cyclic N) is 1. The first-order valence-corrected chi connectivity index (χ1v) is 7.05. The summed E-state index contributed by atoms with van der Waals surface area (Å²) in [5, 5.41) is 20.1. The Labute approximate surface area is 119 Å². The number of aliphatic hydroxyl groups excluding tert-OH is 2.